The summed E-state index contributed by atoms with van der Waals surface area (Å²) in [5.74, 6) is -2.45. The maximum absolute atomic E-state index is 13.1. The number of carbonyl (C=O) groups excluding carboxylic acids is 2. The van der Waals surface area contributed by atoms with Gasteiger partial charge in [0.2, 0.25) is 0 Å². The van der Waals surface area contributed by atoms with E-state index in [0.29, 0.717) is 36.5 Å². The van der Waals surface area contributed by atoms with Crippen LogP contribution in [-0.4, -0.2) is 31.7 Å². The predicted molar refractivity (Wildman–Crippen MR) is 94.1 cm³/mol. The van der Waals surface area contributed by atoms with Crippen molar-refractivity contribution in [3.8, 4) is 11.5 Å². The van der Waals surface area contributed by atoms with Crippen LogP contribution in [-0.2, 0) is 9.53 Å². The van der Waals surface area contributed by atoms with Gasteiger partial charge in [-0.25, -0.2) is 13.6 Å². The van der Waals surface area contributed by atoms with Crippen molar-refractivity contribution in [3.63, 3.8) is 0 Å². The number of benzene rings is 2. The number of ether oxygens (including phenoxy) is 3. The van der Waals surface area contributed by atoms with Gasteiger partial charge in [-0.1, -0.05) is 0 Å². The molecule has 0 atom stereocenters. The highest BCUT2D eigenvalue weighted by molar-refractivity contribution is 5.95. The number of esters is 1. The number of halogens is 2. The molecule has 8 heteroatoms. The third-order valence-electron chi connectivity index (χ3n) is 3.26. The fourth-order valence-corrected chi connectivity index (χ4v) is 2.21. The number of hydrogen-bond acceptors (Lipinski definition) is 5. The highest BCUT2D eigenvalue weighted by Gasteiger charge is 2.14. The van der Waals surface area contributed by atoms with E-state index in [9.17, 15) is 18.4 Å². The maximum atomic E-state index is 13.1. The zero-order valence-corrected chi connectivity index (χ0v) is 14.9. The lowest BCUT2D eigenvalue weighted by Crippen LogP contribution is -2.21. The fraction of sp³-hybridized carbons (Fsp3) is 0.263. The van der Waals surface area contributed by atoms with Crippen molar-refractivity contribution in [2.24, 2.45) is 0 Å². The summed E-state index contributed by atoms with van der Waals surface area (Å²) in [5.41, 5.74) is 0.0970. The molecule has 27 heavy (non-hydrogen) atoms. The Labute approximate surface area is 155 Å². The topological polar surface area (TPSA) is 73.9 Å². The van der Waals surface area contributed by atoms with Gasteiger partial charge in [-0.05, 0) is 38.1 Å². The van der Waals surface area contributed by atoms with Gasteiger partial charge >= 0.3 is 5.97 Å². The number of carbonyl (C=O) groups is 2. The molecule has 1 amide bonds. The number of rotatable bonds is 8. The highest BCUT2D eigenvalue weighted by atomic mass is 19.1. The van der Waals surface area contributed by atoms with Crippen molar-refractivity contribution >= 4 is 17.6 Å². The van der Waals surface area contributed by atoms with Gasteiger partial charge in [-0.3, -0.25) is 4.79 Å². The molecule has 1 N–H and O–H groups in total. The highest BCUT2D eigenvalue weighted by Crippen LogP contribution is 2.30. The molecule has 144 valence electrons. The summed E-state index contributed by atoms with van der Waals surface area (Å²) < 4.78 is 41.9. The first-order valence-electron chi connectivity index (χ1n) is 8.25. The molecule has 0 saturated heterocycles. The molecular formula is C19H19F2NO5. The summed E-state index contributed by atoms with van der Waals surface area (Å²) in [6.07, 6.45) is 0. The van der Waals surface area contributed by atoms with E-state index in [2.05, 4.69) is 5.32 Å². The Morgan fingerprint density at radius 3 is 2.19 bits per heavy atom. The molecule has 0 saturated carbocycles. The van der Waals surface area contributed by atoms with E-state index in [1.54, 1.807) is 18.2 Å². The zero-order chi connectivity index (χ0) is 19.8. The first-order chi connectivity index (χ1) is 12.9. The molecule has 0 heterocycles. The average Bonchev–Trinajstić information content (AvgIpc) is 2.61. The lowest BCUT2D eigenvalue weighted by Gasteiger charge is -2.13. The van der Waals surface area contributed by atoms with Gasteiger partial charge in [0.15, 0.2) is 18.1 Å². The molecular weight excluding hydrogens is 360 g/mol. The minimum absolute atomic E-state index is 0.319. The van der Waals surface area contributed by atoms with Crippen LogP contribution in [0.4, 0.5) is 14.5 Å². The lowest BCUT2D eigenvalue weighted by molar-refractivity contribution is -0.119. The van der Waals surface area contributed by atoms with E-state index in [1.165, 1.54) is 0 Å². The smallest absolute Gasteiger partial charge is 0.338 e. The van der Waals surface area contributed by atoms with E-state index in [-0.39, 0.29) is 5.56 Å². The van der Waals surface area contributed by atoms with Crippen LogP contribution in [0.25, 0.3) is 0 Å². The molecule has 0 aliphatic heterocycles. The van der Waals surface area contributed by atoms with Crippen molar-refractivity contribution in [2.75, 3.05) is 25.1 Å². The minimum atomic E-state index is -1.01. The monoisotopic (exact) mass is 379 g/mol. The Kier molecular flexibility index (Phi) is 7.10. The standard InChI is InChI=1S/C19H19F2NO5/c1-3-25-16-6-5-15(10-17(16)26-4-2)22-18(23)11-27-19(24)12-7-13(20)9-14(21)8-12/h5-10H,3-4,11H2,1-2H3,(H,22,23). The SMILES string of the molecule is CCOc1ccc(NC(=O)COC(=O)c2cc(F)cc(F)c2)cc1OCC. The van der Waals surface area contributed by atoms with Crippen LogP contribution in [0, 0.1) is 11.6 Å². The van der Waals surface area contributed by atoms with Crippen LogP contribution < -0.4 is 14.8 Å². The van der Waals surface area contributed by atoms with Crippen LogP contribution in [0.1, 0.15) is 24.2 Å². The third-order valence-corrected chi connectivity index (χ3v) is 3.26. The quantitative estimate of drug-likeness (QED) is 0.710. The van der Waals surface area contributed by atoms with Crippen LogP contribution in [0.2, 0.25) is 0 Å². The molecule has 0 bridgehead atoms. The zero-order valence-electron chi connectivity index (χ0n) is 14.9. The molecule has 0 aliphatic rings. The molecule has 2 aromatic carbocycles. The van der Waals surface area contributed by atoms with Gasteiger partial charge in [-0.15, -0.1) is 0 Å². The van der Waals surface area contributed by atoms with Gasteiger partial charge < -0.3 is 19.5 Å². The van der Waals surface area contributed by atoms with Gasteiger partial charge in [0, 0.05) is 17.8 Å². The molecule has 2 aromatic rings. The summed E-state index contributed by atoms with van der Waals surface area (Å²) in [4.78, 5) is 23.7. The van der Waals surface area contributed by atoms with Crippen molar-refractivity contribution in [2.45, 2.75) is 13.8 Å². The van der Waals surface area contributed by atoms with Crippen molar-refractivity contribution in [1.29, 1.82) is 0 Å². The normalized spacial score (nSPS) is 10.2. The Balaban J connectivity index is 1.96. The molecule has 0 spiro atoms. The van der Waals surface area contributed by atoms with Crippen molar-refractivity contribution in [3.05, 3.63) is 53.6 Å². The largest absolute Gasteiger partial charge is 0.490 e. The van der Waals surface area contributed by atoms with Gasteiger partial charge in [0.05, 0.1) is 18.8 Å². The number of anilines is 1. The fourth-order valence-electron chi connectivity index (χ4n) is 2.21. The van der Waals surface area contributed by atoms with Crippen LogP contribution in [0.5, 0.6) is 11.5 Å². The molecule has 0 unspecified atom stereocenters. The van der Waals surface area contributed by atoms with Crippen molar-refractivity contribution < 1.29 is 32.6 Å². The maximum Gasteiger partial charge on any atom is 0.338 e. The molecule has 0 fully saturated rings. The van der Waals surface area contributed by atoms with Crippen molar-refractivity contribution in [1.82, 2.24) is 0 Å². The van der Waals surface area contributed by atoms with Crippen LogP contribution >= 0.6 is 0 Å². The molecule has 0 aliphatic carbocycles. The average molecular weight is 379 g/mol. The summed E-state index contributed by atoms with van der Waals surface area (Å²) in [7, 11) is 0. The summed E-state index contributed by atoms with van der Waals surface area (Å²) in [5, 5.41) is 2.54. The first kappa shape index (κ1) is 20.2. The van der Waals surface area contributed by atoms with E-state index in [4.69, 9.17) is 14.2 Å². The second kappa shape index (κ2) is 9.51. The van der Waals surface area contributed by atoms with E-state index < -0.39 is 30.1 Å². The Morgan fingerprint density at radius 1 is 0.926 bits per heavy atom. The Hall–Kier alpha value is -3.16. The summed E-state index contributed by atoms with van der Waals surface area (Å²) in [6, 6.07) is 7.11. The van der Waals surface area contributed by atoms with Gasteiger partial charge in [-0.2, -0.15) is 0 Å². The molecule has 0 aromatic heterocycles. The molecule has 0 radical (unpaired) electrons. The van der Waals surface area contributed by atoms with E-state index >= 15 is 0 Å². The number of hydrogen-bond donors (Lipinski definition) is 1. The number of amides is 1. The Morgan fingerprint density at radius 2 is 1.56 bits per heavy atom. The first-order valence-corrected chi connectivity index (χ1v) is 8.25. The summed E-state index contributed by atoms with van der Waals surface area (Å²) >= 11 is 0. The molecule has 2 rings (SSSR count). The predicted octanol–water partition coefficient (Wildman–Crippen LogP) is 3.56. The second-order valence-electron chi connectivity index (χ2n) is 5.31. The van der Waals surface area contributed by atoms with Crippen LogP contribution in [0.15, 0.2) is 36.4 Å². The molecule has 6 nitrogen and oxygen atoms in total. The van der Waals surface area contributed by atoms with Gasteiger partial charge in [0.25, 0.3) is 5.91 Å². The van der Waals surface area contributed by atoms with E-state index in [0.717, 1.165) is 12.1 Å². The lowest BCUT2D eigenvalue weighted by atomic mass is 10.2. The third kappa shape index (κ3) is 5.95. The minimum Gasteiger partial charge on any atom is -0.490 e. The Bertz CT molecular complexity index is 805. The van der Waals surface area contributed by atoms with Crippen LogP contribution in [0.3, 0.4) is 0 Å². The second-order valence-corrected chi connectivity index (χ2v) is 5.31. The number of nitrogens with one attached hydrogen (secondary N) is 1. The summed E-state index contributed by atoms with van der Waals surface area (Å²) in [6.45, 7) is 3.91. The van der Waals surface area contributed by atoms with E-state index in [1.807, 2.05) is 13.8 Å². The van der Waals surface area contributed by atoms with Gasteiger partial charge in [0.1, 0.15) is 11.6 Å².